The van der Waals surface area contributed by atoms with Gasteiger partial charge < -0.3 is 14.2 Å². The predicted molar refractivity (Wildman–Crippen MR) is 105 cm³/mol. The van der Waals surface area contributed by atoms with Gasteiger partial charge >= 0.3 is 0 Å². The highest BCUT2D eigenvalue weighted by molar-refractivity contribution is 5.89. The van der Waals surface area contributed by atoms with E-state index in [1.165, 1.54) is 11.1 Å². The summed E-state index contributed by atoms with van der Waals surface area (Å²) < 4.78 is 5.33. The molecule has 2 aliphatic rings. The van der Waals surface area contributed by atoms with Crippen LogP contribution in [0.25, 0.3) is 0 Å². The molecule has 1 aromatic carbocycles. The van der Waals surface area contributed by atoms with Gasteiger partial charge in [-0.3, -0.25) is 14.5 Å². The van der Waals surface area contributed by atoms with E-state index < -0.39 is 0 Å². The van der Waals surface area contributed by atoms with E-state index in [9.17, 15) is 9.59 Å². The lowest BCUT2D eigenvalue weighted by molar-refractivity contribution is -0.137. The number of nitrogens with zero attached hydrogens (tertiary/aromatic N) is 3. The Hall–Kier alpha value is -2.60. The Morgan fingerprint density at radius 3 is 2.57 bits per heavy atom. The van der Waals surface area contributed by atoms with Crippen LogP contribution < -0.4 is 0 Å². The van der Waals surface area contributed by atoms with E-state index in [1.54, 1.807) is 11.2 Å². The van der Waals surface area contributed by atoms with Crippen molar-refractivity contribution in [1.82, 2.24) is 14.7 Å². The van der Waals surface area contributed by atoms with Gasteiger partial charge in [-0.25, -0.2) is 0 Å². The molecule has 1 aromatic heterocycles. The Bertz CT molecular complexity index is 825. The van der Waals surface area contributed by atoms with Crippen molar-refractivity contribution in [1.29, 1.82) is 0 Å². The maximum absolute atomic E-state index is 12.9. The van der Waals surface area contributed by atoms with Crippen molar-refractivity contribution in [3.8, 4) is 0 Å². The quantitative estimate of drug-likeness (QED) is 0.797. The summed E-state index contributed by atoms with van der Waals surface area (Å²) in [5.74, 6) is 0.676. The topological polar surface area (TPSA) is 57.0 Å². The zero-order valence-electron chi connectivity index (χ0n) is 16.3. The third kappa shape index (κ3) is 4.12. The Morgan fingerprint density at radius 1 is 1.07 bits per heavy atom. The third-order valence-electron chi connectivity index (χ3n) is 5.83. The van der Waals surface area contributed by atoms with Crippen molar-refractivity contribution >= 4 is 11.8 Å². The number of carbonyl (C=O) groups excluding carboxylic acids is 2. The largest absolute Gasteiger partial charge is 0.467 e. The zero-order valence-corrected chi connectivity index (χ0v) is 16.3. The van der Waals surface area contributed by atoms with Gasteiger partial charge in [-0.05, 0) is 30.2 Å². The number of benzene rings is 1. The molecule has 0 aliphatic carbocycles. The van der Waals surface area contributed by atoms with E-state index in [1.807, 2.05) is 17.0 Å². The maximum Gasteiger partial charge on any atom is 0.228 e. The van der Waals surface area contributed by atoms with Gasteiger partial charge in [0, 0.05) is 45.7 Å². The van der Waals surface area contributed by atoms with Crippen LogP contribution >= 0.6 is 0 Å². The minimum Gasteiger partial charge on any atom is -0.467 e. The van der Waals surface area contributed by atoms with Gasteiger partial charge in [-0.1, -0.05) is 24.3 Å². The SMILES string of the molecule is Cc1ccccc1CN1CCN(C(=O)C2CC(=O)N(Cc3ccco3)C2)CC1. The fraction of sp³-hybridized carbons (Fsp3) is 0.455. The first kappa shape index (κ1) is 18.7. The lowest BCUT2D eigenvalue weighted by Crippen LogP contribution is -2.50. The Balaban J connectivity index is 1.28. The number of furan rings is 1. The van der Waals surface area contributed by atoms with Gasteiger partial charge in [0.15, 0.2) is 0 Å². The molecular formula is C22H27N3O3. The lowest BCUT2D eigenvalue weighted by Gasteiger charge is -2.36. The van der Waals surface area contributed by atoms with E-state index >= 15 is 0 Å². The summed E-state index contributed by atoms with van der Waals surface area (Å²) in [5, 5.41) is 0. The highest BCUT2D eigenvalue weighted by atomic mass is 16.3. The van der Waals surface area contributed by atoms with E-state index in [2.05, 4.69) is 36.1 Å². The number of aryl methyl sites for hydroxylation is 1. The first-order valence-corrected chi connectivity index (χ1v) is 9.96. The van der Waals surface area contributed by atoms with Gasteiger partial charge in [-0.2, -0.15) is 0 Å². The van der Waals surface area contributed by atoms with Crippen LogP contribution in [0.1, 0.15) is 23.3 Å². The summed E-state index contributed by atoms with van der Waals surface area (Å²) in [6.45, 7) is 7.20. The summed E-state index contributed by atoms with van der Waals surface area (Å²) in [6, 6.07) is 12.1. The molecule has 2 aromatic rings. The van der Waals surface area contributed by atoms with Crippen molar-refractivity contribution in [2.45, 2.75) is 26.4 Å². The number of hydrogen-bond acceptors (Lipinski definition) is 4. The normalized spacial score (nSPS) is 20.8. The third-order valence-corrected chi connectivity index (χ3v) is 5.83. The molecule has 6 nitrogen and oxygen atoms in total. The fourth-order valence-corrected chi connectivity index (χ4v) is 4.09. The number of carbonyl (C=O) groups is 2. The minimum atomic E-state index is -0.231. The van der Waals surface area contributed by atoms with Crippen LogP contribution in [0.15, 0.2) is 47.1 Å². The van der Waals surface area contributed by atoms with Crippen LogP contribution in [0, 0.1) is 12.8 Å². The van der Waals surface area contributed by atoms with Gasteiger partial charge in [-0.15, -0.1) is 0 Å². The number of likely N-dealkylation sites (tertiary alicyclic amines) is 1. The highest BCUT2D eigenvalue weighted by Crippen LogP contribution is 2.23. The molecule has 2 aliphatic heterocycles. The molecule has 0 N–H and O–H groups in total. The van der Waals surface area contributed by atoms with E-state index in [0.717, 1.165) is 38.5 Å². The Morgan fingerprint density at radius 2 is 1.86 bits per heavy atom. The molecule has 2 saturated heterocycles. The summed E-state index contributed by atoms with van der Waals surface area (Å²) in [6.07, 6.45) is 1.91. The number of rotatable bonds is 5. The van der Waals surface area contributed by atoms with E-state index in [4.69, 9.17) is 4.42 Å². The first-order chi connectivity index (χ1) is 13.6. The second kappa shape index (κ2) is 8.19. The van der Waals surface area contributed by atoms with Gasteiger partial charge in [0.2, 0.25) is 11.8 Å². The summed E-state index contributed by atoms with van der Waals surface area (Å²) in [5.41, 5.74) is 2.65. The van der Waals surface area contributed by atoms with E-state index in [-0.39, 0.29) is 17.7 Å². The maximum atomic E-state index is 12.9. The van der Waals surface area contributed by atoms with Crippen LogP contribution in [0.3, 0.4) is 0 Å². The number of amides is 2. The average Bonchev–Trinajstić information content (AvgIpc) is 3.34. The smallest absolute Gasteiger partial charge is 0.228 e. The monoisotopic (exact) mass is 381 g/mol. The lowest BCUT2D eigenvalue weighted by atomic mass is 10.1. The molecule has 0 radical (unpaired) electrons. The van der Waals surface area contributed by atoms with Gasteiger partial charge in [0.25, 0.3) is 0 Å². The molecule has 4 rings (SSSR count). The summed E-state index contributed by atoms with van der Waals surface area (Å²) in [4.78, 5) is 31.3. The molecule has 0 bridgehead atoms. The molecule has 6 heteroatoms. The van der Waals surface area contributed by atoms with Crippen LogP contribution in [0.5, 0.6) is 0 Å². The molecule has 1 unspecified atom stereocenters. The molecule has 0 spiro atoms. The predicted octanol–water partition coefficient (Wildman–Crippen LogP) is 2.28. The second-order valence-electron chi connectivity index (χ2n) is 7.78. The van der Waals surface area contributed by atoms with Crippen LogP contribution in [0.2, 0.25) is 0 Å². The average molecular weight is 381 g/mol. The molecule has 2 fully saturated rings. The standard InChI is InChI=1S/C22H27N3O3/c1-17-5-2-3-6-18(17)14-23-8-10-24(11-9-23)22(27)19-13-21(26)25(15-19)16-20-7-4-12-28-20/h2-7,12,19H,8-11,13-16H2,1H3. The second-order valence-corrected chi connectivity index (χ2v) is 7.78. The summed E-state index contributed by atoms with van der Waals surface area (Å²) >= 11 is 0. The van der Waals surface area contributed by atoms with Crippen LogP contribution in [-0.4, -0.2) is 59.2 Å². The molecule has 28 heavy (non-hydrogen) atoms. The molecule has 3 heterocycles. The molecule has 148 valence electrons. The van der Waals surface area contributed by atoms with Crippen molar-refractivity contribution in [2.75, 3.05) is 32.7 Å². The van der Waals surface area contributed by atoms with E-state index in [0.29, 0.717) is 19.5 Å². The number of piperazine rings is 1. The Labute approximate surface area is 165 Å². The summed E-state index contributed by atoms with van der Waals surface area (Å²) in [7, 11) is 0. The van der Waals surface area contributed by atoms with Crippen molar-refractivity contribution < 1.29 is 14.0 Å². The first-order valence-electron chi connectivity index (χ1n) is 9.96. The molecule has 0 saturated carbocycles. The highest BCUT2D eigenvalue weighted by Gasteiger charge is 2.37. The minimum absolute atomic E-state index is 0.0351. The Kier molecular flexibility index (Phi) is 5.48. The van der Waals surface area contributed by atoms with Crippen LogP contribution in [0.4, 0.5) is 0 Å². The van der Waals surface area contributed by atoms with Gasteiger partial charge in [0.1, 0.15) is 5.76 Å². The van der Waals surface area contributed by atoms with Crippen molar-refractivity contribution in [3.63, 3.8) is 0 Å². The molecular weight excluding hydrogens is 354 g/mol. The fourth-order valence-electron chi connectivity index (χ4n) is 4.09. The number of hydrogen-bond donors (Lipinski definition) is 0. The molecule has 1 atom stereocenters. The molecule has 2 amide bonds. The van der Waals surface area contributed by atoms with Gasteiger partial charge in [0.05, 0.1) is 18.7 Å². The van der Waals surface area contributed by atoms with Crippen molar-refractivity contribution in [2.24, 2.45) is 5.92 Å². The zero-order chi connectivity index (χ0) is 19.5. The van der Waals surface area contributed by atoms with Crippen molar-refractivity contribution in [3.05, 3.63) is 59.5 Å². The van der Waals surface area contributed by atoms with Crippen LogP contribution in [-0.2, 0) is 22.7 Å².